The highest BCUT2D eigenvalue weighted by Crippen LogP contribution is 2.08. The van der Waals surface area contributed by atoms with E-state index in [1.165, 1.54) is 6.08 Å². The van der Waals surface area contributed by atoms with Crippen molar-refractivity contribution >= 4 is 16.0 Å². The molecule has 7 heteroatoms. The standard InChI is InChI=1S/C15H30N2O4S/c1-4-15(18)16-11-8-6-5-7-9-12-17(2,3)13-10-14-22(19,20)21/h4H,1,5-14H2,2-3H3,(H-,16,18,19,20,21)/p+1. The molecule has 0 bridgehead atoms. The fraction of sp³-hybridized carbons (Fsp3) is 0.800. The molecule has 2 N–H and O–H groups in total. The quantitative estimate of drug-likeness (QED) is 0.232. The third kappa shape index (κ3) is 14.0. The second-order valence-electron chi connectivity index (χ2n) is 6.29. The molecule has 0 heterocycles. The third-order valence-corrected chi connectivity index (χ3v) is 4.40. The van der Waals surface area contributed by atoms with E-state index >= 15 is 0 Å². The highest BCUT2D eigenvalue weighted by Gasteiger charge is 2.16. The molecule has 0 aliphatic carbocycles. The van der Waals surface area contributed by atoms with Crippen LogP contribution in [-0.4, -0.2) is 62.8 Å². The summed E-state index contributed by atoms with van der Waals surface area (Å²) < 4.78 is 30.8. The van der Waals surface area contributed by atoms with E-state index in [0.29, 0.717) is 13.0 Å². The Hall–Kier alpha value is -0.920. The van der Waals surface area contributed by atoms with Gasteiger partial charge < -0.3 is 9.80 Å². The van der Waals surface area contributed by atoms with E-state index in [9.17, 15) is 13.2 Å². The van der Waals surface area contributed by atoms with Gasteiger partial charge in [0.25, 0.3) is 10.1 Å². The zero-order valence-corrected chi connectivity index (χ0v) is 14.7. The van der Waals surface area contributed by atoms with E-state index in [2.05, 4.69) is 26.0 Å². The van der Waals surface area contributed by atoms with E-state index in [1.54, 1.807) is 0 Å². The van der Waals surface area contributed by atoms with Crippen molar-refractivity contribution in [3.05, 3.63) is 12.7 Å². The molecule has 0 atom stereocenters. The van der Waals surface area contributed by atoms with Crippen LogP contribution in [0.5, 0.6) is 0 Å². The SMILES string of the molecule is C=CC(=O)NCCCCCCC[N+](C)(C)CCCS(=O)(=O)O. The molecule has 0 fully saturated rings. The Morgan fingerprint density at radius 1 is 1.09 bits per heavy atom. The largest absolute Gasteiger partial charge is 0.353 e. The maximum absolute atomic E-state index is 10.9. The van der Waals surface area contributed by atoms with Crippen LogP contribution in [0.4, 0.5) is 0 Å². The minimum atomic E-state index is -3.84. The van der Waals surface area contributed by atoms with Crippen LogP contribution in [-0.2, 0) is 14.9 Å². The number of amides is 1. The molecular formula is C15H31N2O4S+. The summed E-state index contributed by atoms with van der Waals surface area (Å²) in [5, 5.41) is 2.75. The molecule has 6 nitrogen and oxygen atoms in total. The number of hydrogen-bond acceptors (Lipinski definition) is 3. The summed E-state index contributed by atoms with van der Waals surface area (Å²) in [5.41, 5.74) is 0. The molecule has 0 unspecified atom stereocenters. The lowest BCUT2D eigenvalue weighted by Crippen LogP contribution is -2.41. The fourth-order valence-electron chi connectivity index (χ4n) is 2.27. The summed E-state index contributed by atoms with van der Waals surface area (Å²) in [4.78, 5) is 10.9. The van der Waals surface area contributed by atoms with Crippen LogP contribution in [0, 0.1) is 0 Å². The number of carbonyl (C=O) groups is 1. The van der Waals surface area contributed by atoms with Gasteiger partial charge in [-0.1, -0.05) is 19.4 Å². The van der Waals surface area contributed by atoms with Crippen LogP contribution in [0.1, 0.15) is 38.5 Å². The molecule has 0 saturated heterocycles. The van der Waals surface area contributed by atoms with Crippen LogP contribution in [0.25, 0.3) is 0 Å². The van der Waals surface area contributed by atoms with Gasteiger partial charge >= 0.3 is 0 Å². The van der Waals surface area contributed by atoms with E-state index in [4.69, 9.17) is 4.55 Å². The molecule has 0 aromatic heterocycles. The zero-order chi connectivity index (χ0) is 17.1. The smallest absolute Gasteiger partial charge is 0.265 e. The Kier molecular flexibility index (Phi) is 10.3. The van der Waals surface area contributed by atoms with Gasteiger partial charge in [0.05, 0.1) is 32.9 Å². The molecule has 130 valence electrons. The first-order valence-corrected chi connectivity index (χ1v) is 9.45. The summed E-state index contributed by atoms with van der Waals surface area (Å²) in [7, 11) is 0.318. The maximum Gasteiger partial charge on any atom is 0.265 e. The normalized spacial score (nSPS) is 12.1. The summed E-state index contributed by atoms with van der Waals surface area (Å²) in [6, 6.07) is 0. The first-order chi connectivity index (χ1) is 10.2. The molecule has 0 aliphatic heterocycles. The van der Waals surface area contributed by atoms with Gasteiger partial charge in [-0.05, 0) is 25.3 Å². The maximum atomic E-state index is 10.9. The van der Waals surface area contributed by atoms with Crippen molar-refractivity contribution in [2.45, 2.75) is 38.5 Å². The first kappa shape index (κ1) is 21.1. The van der Waals surface area contributed by atoms with Crippen molar-refractivity contribution in [2.75, 3.05) is 39.5 Å². The minimum absolute atomic E-state index is 0.121. The number of unbranched alkanes of at least 4 members (excludes halogenated alkanes) is 4. The Morgan fingerprint density at radius 2 is 1.64 bits per heavy atom. The molecule has 1 amide bonds. The van der Waals surface area contributed by atoms with Gasteiger partial charge in [0.1, 0.15) is 0 Å². The second kappa shape index (κ2) is 10.7. The van der Waals surface area contributed by atoms with Crippen LogP contribution in [0.15, 0.2) is 12.7 Å². The third-order valence-electron chi connectivity index (χ3n) is 3.59. The Morgan fingerprint density at radius 3 is 2.23 bits per heavy atom. The van der Waals surface area contributed by atoms with Crippen molar-refractivity contribution in [2.24, 2.45) is 0 Å². The van der Waals surface area contributed by atoms with Gasteiger partial charge in [-0.3, -0.25) is 9.35 Å². The summed E-state index contributed by atoms with van der Waals surface area (Å²) in [6.45, 7) is 5.84. The van der Waals surface area contributed by atoms with Crippen LogP contribution < -0.4 is 5.32 Å². The van der Waals surface area contributed by atoms with Gasteiger partial charge in [-0.25, -0.2) is 0 Å². The monoisotopic (exact) mass is 335 g/mol. The van der Waals surface area contributed by atoms with Crippen LogP contribution in [0.2, 0.25) is 0 Å². The predicted octanol–water partition coefficient (Wildman–Crippen LogP) is 1.59. The number of nitrogens with one attached hydrogen (secondary N) is 1. The molecule has 0 aromatic rings. The lowest BCUT2D eigenvalue weighted by atomic mass is 10.1. The van der Waals surface area contributed by atoms with Gasteiger partial charge in [-0.15, -0.1) is 0 Å². The zero-order valence-electron chi connectivity index (χ0n) is 13.9. The number of nitrogens with zero attached hydrogens (tertiary/aromatic N) is 1. The molecule has 0 aliphatic rings. The second-order valence-corrected chi connectivity index (χ2v) is 7.86. The van der Waals surface area contributed by atoms with Gasteiger partial charge in [0, 0.05) is 13.0 Å². The molecule has 22 heavy (non-hydrogen) atoms. The Balaban J connectivity index is 3.56. The van der Waals surface area contributed by atoms with Crippen molar-refractivity contribution in [3.63, 3.8) is 0 Å². The van der Waals surface area contributed by atoms with E-state index in [1.807, 2.05) is 0 Å². The van der Waals surface area contributed by atoms with Gasteiger partial charge in [0.2, 0.25) is 5.91 Å². The molecule has 0 saturated carbocycles. The number of hydrogen-bond donors (Lipinski definition) is 2. The summed E-state index contributed by atoms with van der Waals surface area (Å²) in [5.74, 6) is -0.283. The van der Waals surface area contributed by atoms with Crippen molar-refractivity contribution in [3.8, 4) is 0 Å². The van der Waals surface area contributed by atoms with Crippen molar-refractivity contribution in [1.29, 1.82) is 0 Å². The lowest BCUT2D eigenvalue weighted by Gasteiger charge is -2.29. The van der Waals surface area contributed by atoms with Crippen molar-refractivity contribution < 1.29 is 22.2 Å². The molecule has 0 rings (SSSR count). The highest BCUT2D eigenvalue weighted by molar-refractivity contribution is 7.85. The van der Waals surface area contributed by atoms with E-state index in [-0.39, 0.29) is 11.7 Å². The van der Waals surface area contributed by atoms with Gasteiger partial charge in [-0.2, -0.15) is 8.42 Å². The predicted molar refractivity (Wildman–Crippen MR) is 89.2 cm³/mol. The lowest BCUT2D eigenvalue weighted by molar-refractivity contribution is -0.890. The molecular weight excluding hydrogens is 304 g/mol. The number of carbonyl (C=O) groups excluding carboxylic acids is 1. The average molecular weight is 335 g/mol. The average Bonchev–Trinajstić information content (AvgIpc) is 2.39. The van der Waals surface area contributed by atoms with E-state index < -0.39 is 10.1 Å². The minimum Gasteiger partial charge on any atom is -0.353 e. The summed E-state index contributed by atoms with van der Waals surface area (Å²) in [6.07, 6.45) is 7.19. The Bertz CT molecular complexity index is 433. The number of quaternary nitrogens is 1. The summed E-state index contributed by atoms with van der Waals surface area (Å²) >= 11 is 0. The highest BCUT2D eigenvalue weighted by atomic mass is 32.2. The van der Waals surface area contributed by atoms with E-state index in [0.717, 1.165) is 49.7 Å². The van der Waals surface area contributed by atoms with Crippen LogP contribution >= 0.6 is 0 Å². The van der Waals surface area contributed by atoms with Gasteiger partial charge in [0.15, 0.2) is 0 Å². The first-order valence-electron chi connectivity index (χ1n) is 7.84. The molecule has 0 spiro atoms. The molecule has 0 aromatic carbocycles. The Labute approximate surface area is 134 Å². The topological polar surface area (TPSA) is 83.5 Å². The number of rotatable bonds is 13. The van der Waals surface area contributed by atoms with Crippen molar-refractivity contribution in [1.82, 2.24) is 5.32 Å². The molecule has 0 radical (unpaired) electrons. The van der Waals surface area contributed by atoms with Crippen LogP contribution in [0.3, 0.4) is 0 Å². The fourth-order valence-corrected chi connectivity index (χ4v) is 2.76.